The topological polar surface area (TPSA) is 166 Å². The van der Waals surface area contributed by atoms with Gasteiger partial charge in [-0.1, -0.05) is 17.7 Å². The molecule has 0 aliphatic heterocycles. The number of pyridine rings is 1. The molecule has 0 saturated heterocycles. The van der Waals surface area contributed by atoms with Gasteiger partial charge in [0.2, 0.25) is 11.8 Å². The van der Waals surface area contributed by atoms with Crippen LogP contribution in [0.25, 0.3) is 22.0 Å². The van der Waals surface area contributed by atoms with Crippen molar-refractivity contribution in [1.29, 1.82) is 0 Å². The minimum atomic E-state index is -4.25. The first-order chi connectivity index (χ1) is 17.5. The number of rotatable bonds is 8. The predicted octanol–water partition coefficient (Wildman–Crippen LogP) is 1.91. The van der Waals surface area contributed by atoms with Gasteiger partial charge in [0.25, 0.3) is 15.6 Å². The lowest BCUT2D eigenvalue weighted by molar-refractivity contribution is -0.126. The summed E-state index contributed by atoms with van der Waals surface area (Å²) in [6.45, 7) is -0.372. The number of aliphatic hydroxyl groups excluding tert-OH is 1. The lowest BCUT2D eigenvalue weighted by atomic mass is 10.1. The molecule has 4 aromatic rings. The van der Waals surface area contributed by atoms with Crippen molar-refractivity contribution in [1.82, 2.24) is 14.5 Å². The van der Waals surface area contributed by atoms with E-state index in [1.165, 1.54) is 31.8 Å². The van der Waals surface area contributed by atoms with Crippen molar-refractivity contribution in [2.45, 2.75) is 17.5 Å². The predicted molar refractivity (Wildman–Crippen MR) is 133 cm³/mol. The van der Waals surface area contributed by atoms with Gasteiger partial charge in [-0.3, -0.25) is 18.9 Å². The molecule has 2 heterocycles. The van der Waals surface area contributed by atoms with Crippen molar-refractivity contribution < 1.29 is 27.4 Å². The van der Waals surface area contributed by atoms with Crippen LogP contribution in [-0.4, -0.2) is 47.2 Å². The highest BCUT2D eigenvalue weighted by Gasteiger charge is 2.22. The molecular formula is C23H19ClFN5O6S. The lowest BCUT2D eigenvalue weighted by Gasteiger charge is -2.14. The molecule has 2 aromatic heterocycles. The summed E-state index contributed by atoms with van der Waals surface area (Å²) < 4.78 is 47.8. The molecule has 1 atom stereocenters. The number of primary amides is 1. The van der Waals surface area contributed by atoms with Gasteiger partial charge in [0.1, 0.15) is 22.5 Å². The first kappa shape index (κ1) is 26.0. The maximum absolute atomic E-state index is 13.4. The van der Waals surface area contributed by atoms with Crippen molar-refractivity contribution in [2.75, 3.05) is 11.8 Å². The number of anilines is 1. The van der Waals surface area contributed by atoms with Gasteiger partial charge in [0.05, 0.1) is 35.9 Å². The molecule has 0 bridgehead atoms. The van der Waals surface area contributed by atoms with Crippen LogP contribution in [0.2, 0.25) is 5.02 Å². The zero-order valence-corrected chi connectivity index (χ0v) is 20.6. The average Bonchev–Trinajstić information content (AvgIpc) is 2.85. The molecule has 11 nitrogen and oxygen atoms in total. The number of methoxy groups -OCH3 is 1. The van der Waals surface area contributed by atoms with Gasteiger partial charge in [-0.15, -0.1) is 0 Å². The number of carbonyl (C=O) groups is 1. The van der Waals surface area contributed by atoms with E-state index in [9.17, 15) is 27.5 Å². The average molecular weight is 548 g/mol. The first-order valence-electron chi connectivity index (χ1n) is 10.5. The monoisotopic (exact) mass is 547 g/mol. The number of hydrogen-bond donors (Lipinski definition) is 3. The number of aliphatic hydroxyl groups is 1. The minimum absolute atomic E-state index is 0.0336. The summed E-state index contributed by atoms with van der Waals surface area (Å²) in [5, 5.41) is 9.59. The molecule has 4 rings (SSSR count). The second-order valence-electron chi connectivity index (χ2n) is 7.81. The molecule has 14 heteroatoms. The molecule has 192 valence electrons. The van der Waals surface area contributed by atoms with Gasteiger partial charge in [0.15, 0.2) is 0 Å². The number of fused-ring (bicyclic) bond motifs is 1. The van der Waals surface area contributed by atoms with E-state index in [1.807, 2.05) is 0 Å². The molecule has 37 heavy (non-hydrogen) atoms. The van der Waals surface area contributed by atoms with E-state index < -0.39 is 33.4 Å². The molecule has 0 fully saturated rings. The summed E-state index contributed by atoms with van der Waals surface area (Å²) in [7, 11) is -2.95. The van der Waals surface area contributed by atoms with Crippen LogP contribution in [0, 0.1) is 5.82 Å². The first-order valence-corrected chi connectivity index (χ1v) is 12.3. The van der Waals surface area contributed by atoms with Gasteiger partial charge in [-0.25, -0.2) is 22.8 Å². The number of amides is 1. The quantitative estimate of drug-likeness (QED) is 0.301. The Morgan fingerprint density at radius 1 is 1.22 bits per heavy atom. The Hall–Kier alpha value is -4.07. The van der Waals surface area contributed by atoms with Gasteiger partial charge >= 0.3 is 0 Å². The standard InChI is InChI=1S/C23H19ClFN5O6S/c1-36-22-18(29-37(34,35)20-5-3-14(25)8-16(20)24)7-13(9-27-22)12-2-4-17-15(6-12)23(33)30(11-28-17)10-19(31)21(26)32/h2-9,11,19,29,31H,10H2,1H3,(H2,26,32)/t19-/m1/s1. The molecule has 0 radical (unpaired) electrons. The Labute approximate surface area is 214 Å². The van der Waals surface area contributed by atoms with Crippen LogP contribution in [0.3, 0.4) is 0 Å². The number of hydrogen-bond acceptors (Lipinski definition) is 8. The number of sulfonamides is 1. The highest BCUT2D eigenvalue weighted by atomic mass is 35.5. The van der Waals surface area contributed by atoms with E-state index in [2.05, 4.69) is 14.7 Å². The van der Waals surface area contributed by atoms with Crippen molar-refractivity contribution >= 4 is 44.1 Å². The van der Waals surface area contributed by atoms with Crippen LogP contribution in [0.15, 0.2) is 64.7 Å². The molecule has 0 saturated carbocycles. The highest BCUT2D eigenvalue weighted by Crippen LogP contribution is 2.32. The Kier molecular flexibility index (Phi) is 7.12. The van der Waals surface area contributed by atoms with Gasteiger partial charge in [-0.05, 0) is 42.0 Å². The van der Waals surface area contributed by atoms with Crippen molar-refractivity contribution in [2.24, 2.45) is 5.73 Å². The number of nitrogens with zero attached hydrogens (tertiary/aromatic N) is 3. The maximum Gasteiger partial charge on any atom is 0.263 e. The fourth-order valence-electron chi connectivity index (χ4n) is 3.48. The van der Waals surface area contributed by atoms with Gasteiger partial charge in [-0.2, -0.15) is 0 Å². The summed E-state index contributed by atoms with van der Waals surface area (Å²) in [4.78, 5) is 32.1. The van der Waals surface area contributed by atoms with E-state index in [0.717, 1.165) is 22.8 Å². The fraction of sp³-hybridized carbons (Fsp3) is 0.130. The fourth-order valence-corrected chi connectivity index (χ4v) is 5.06. The van der Waals surface area contributed by atoms with Crippen molar-refractivity contribution in [3.05, 3.63) is 76.2 Å². The summed E-state index contributed by atoms with van der Waals surface area (Å²) in [6.07, 6.45) is 1.03. The SMILES string of the molecule is COc1ncc(-c2ccc3ncn(C[C@@H](O)C(N)=O)c(=O)c3c2)cc1NS(=O)(=O)c1ccc(F)cc1Cl. The van der Waals surface area contributed by atoms with E-state index in [0.29, 0.717) is 16.6 Å². The summed E-state index contributed by atoms with van der Waals surface area (Å²) in [6, 6.07) is 9.04. The number of benzene rings is 2. The molecule has 1 amide bonds. The molecular weight excluding hydrogens is 529 g/mol. The Bertz CT molecular complexity index is 1700. The largest absolute Gasteiger partial charge is 0.480 e. The number of carbonyl (C=O) groups excluding carboxylic acids is 1. The number of nitrogens with one attached hydrogen (secondary N) is 1. The Morgan fingerprint density at radius 3 is 2.65 bits per heavy atom. The Balaban J connectivity index is 1.75. The summed E-state index contributed by atoms with van der Waals surface area (Å²) in [5.41, 5.74) is 5.75. The second kappa shape index (κ2) is 10.1. The minimum Gasteiger partial charge on any atom is -0.480 e. The molecule has 0 aliphatic rings. The molecule has 2 aromatic carbocycles. The van der Waals surface area contributed by atoms with Crippen LogP contribution >= 0.6 is 11.6 Å². The normalized spacial score (nSPS) is 12.3. The van der Waals surface area contributed by atoms with Gasteiger partial charge < -0.3 is 15.6 Å². The number of nitrogens with two attached hydrogens (primary N) is 1. The lowest BCUT2D eigenvalue weighted by Crippen LogP contribution is -2.35. The second-order valence-corrected chi connectivity index (χ2v) is 9.87. The van der Waals surface area contributed by atoms with Crippen LogP contribution < -0.4 is 20.8 Å². The molecule has 4 N–H and O–H groups in total. The van der Waals surface area contributed by atoms with Crippen molar-refractivity contribution in [3.63, 3.8) is 0 Å². The molecule has 0 aliphatic carbocycles. The third-order valence-corrected chi connectivity index (χ3v) is 7.18. The van der Waals surface area contributed by atoms with Crippen LogP contribution in [0.5, 0.6) is 5.88 Å². The maximum atomic E-state index is 13.4. The number of ether oxygens (including phenoxy) is 1. The molecule has 0 unspecified atom stereocenters. The Morgan fingerprint density at radius 2 is 1.97 bits per heavy atom. The van der Waals surface area contributed by atoms with Crippen LogP contribution in [-0.2, 0) is 21.4 Å². The summed E-state index contributed by atoms with van der Waals surface area (Å²) >= 11 is 5.93. The van der Waals surface area contributed by atoms with E-state index in [1.54, 1.807) is 12.1 Å². The smallest absolute Gasteiger partial charge is 0.263 e. The third kappa shape index (κ3) is 5.38. The molecule has 0 spiro atoms. The highest BCUT2D eigenvalue weighted by molar-refractivity contribution is 7.92. The van der Waals surface area contributed by atoms with E-state index in [-0.39, 0.29) is 33.4 Å². The number of halogens is 2. The van der Waals surface area contributed by atoms with Gasteiger partial charge in [0, 0.05) is 11.8 Å². The zero-order chi connectivity index (χ0) is 26.9. The number of aromatic nitrogens is 3. The third-order valence-electron chi connectivity index (χ3n) is 5.33. The van der Waals surface area contributed by atoms with Crippen molar-refractivity contribution in [3.8, 4) is 17.0 Å². The van der Waals surface area contributed by atoms with Crippen LogP contribution in [0.1, 0.15) is 0 Å². The van der Waals surface area contributed by atoms with E-state index in [4.69, 9.17) is 22.1 Å². The summed E-state index contributed by atoms with van der Waals surface area (Å²) in [5.74, 6) is -1.73. The van der Waals surface area contributed by atoms with E-state index >= 15 is 0 Å². The van der Waals surface area contributed by atoms with Crippen LogP contribution in [0.4, 0.5) is 10.1 Å². The zero-order valence-electron chi connectivity index (χ0n) is 19.1.